The number of carbonyl (C=O) groups is 2. The molecule has 12 nitrogen and oxygen atoms in total. The van der Waals surface area contributed by atoms with Gasteiger partial charge in [-0.1, -0.05) is 0 Å². The molecule has 3 N–H and O–H groups in total. The maximum Gasteiger partial charge on any atom is 0.410 e. The molecule has 12 heteroatoms. The van der Waals surface area contributed by atoms with Crippen LogP contribution < -0.4 is 16.0 Å². The number of hydrogen-bond acceptors (Lipinski definition) is 10. The normalized spacial score (nSPS) is 14.1. The van der Waals surface area contributed by atoms with Gasteiger partial charge in [-0.15, -0.1) is 10.2 Å². The van der Waals surface area contributed by atoms with Gasteiger partial charge in [-0.25, -0.2) is 14.8 Å². The summed E-state index contributed by atoms with van der Waals surface area (Å²) in [6, 6.07) is 3.60. The Morgan fingerprint density at radius 2 is 1.91 bits per heavy atom. The summed E-state index contributed by atoms with van der Waals surface area (Å²) in [6.07, 6.45) is 4.10. The van der Waals surface area contributed by atoms with Crippen molar-refractivity contribution in [2.45, 2.75) is 46.1 Å². The highest BCUT2D eigenvalue weighted by Gasteiger charge is 2.27. The van der Waals surface area contributed by atoms with Crippen LogP contribution in [0.5, 0.6) is 0 Å². The highest BCUT2D eigenvalue weighted by atomic mass is 16.6. The van der Waals surface area contributed by atoms with Crippen LogP contribution in [0, 0.1) is 17.2 Å². The Balaban J connectivity index is 1.65. The molecule has 2 amide bonds. The number of ether oxygens (including phenoxy) is 1. The fourth-order valence-corrected chi connectivity index (χ4v) is 3.48. The van der Waals surface area contributed by atoms with Crippen LogP contribution in [-0.4, -0.2) is 68.8 Å². The first-order valence-electron chi connectivity index (χ1n) is 11.6. The van der Waals surface area contributed by atoms with Gasteiger partial charge in [0.05, 0.1) is 18.1 Å². The molecule has 0 atom stereocenters. The molecule has 0 unspecified atom stereocenters. The number of nitrogens with zero attached hydrogens (tertiary/aromatic N) is 6. The summed E-state index contributed by atoms with van der Waals surface area (Å²) >= 11 is 0. The molecule has 0 radical (unpaired) electrons. The number of nitriles is 1. The van der Waals surface area contributed by atoms with Crippen molar-refractivity contribution in [2.75, 3.05) is 36.8 Å². The van der Waals surface area contributed by atoms with Crippen LogP contribution in [0.25, 0.3) is 0 Å². The second-order valence-corrected chi connectivity index (χ2v) is 9.17. The lowest BCUT2D eigenvalue weighted by Gasteiger charge is -2.33. The van der Waals surface area contributed by atoms with E-state index in [2.05, 4.69) is 36.1 Å². The lowest BCUT2D eigenvalue weighted by molar-refractivity contribution is 0.0188. The van der Waals surface area contributed by atoms with Gasteiger partial charge in [0.1, 0.15) is 17.5 Å². The van der Waals surface area contributed by atoms with E-state index in [9.17, 15) is 9.59 Å². The largest absolute Gasteiger partial charge is 0.444 e. The van der Waals surface area contributed by atoms with E-state index in [0.29, 0.717) is 49.4 Å². The van der Waals surface area contributed by atoms with Gasteiger partial charge in [0.25, 0.3) is 5.91 Å². The first-order valence-corrected chi connectivity index (χ1v) is 11.6. The van der Waals surface area contributed by atoms with Crippen molar-refractivity contribution in [3.05, 3.63) is 29.8 Å². The first-order chi connectivity index (χ1) is 16.7. The Morgan fingerprint density at radius 3 is 2.51 bits per heavy atom. The Kier molecular flexibility index (Phi) is 8.35. The molecular weight excluding hydrogens is 450 g/mol. The van der Waals surface area contributed by atoms with Crippen molar-refractivity contribution in [2.24, 2.45) is 5.92 Å². The number of piperidine rings is 1. The maximum atomic E-state index is 12.5. The molecule has 1 fully saturated rings. The molecule has 0 aromatic carbocycles. The Labute approximate surface area is 204 Å². The lowest BCUT2D eigenvalue weighted by atomic mass is 9.97. The van der Waals surface area contributed by atoms with E-state index >= 15 is 0 Å². The monoisotopic (exact) mass is 481 g/mol. The van der Waals surface area contributed by atoms with Crippen LogP contribution in [0.1, 0.15) is 56.7 Å². The molecule has 3 heterocycles. The van der Waals surface area contributed by atoms with E-state index < -0.39 is 5.60 Å². The summed E-state index contributed by atoms with van der Waals surface area (Å²) in [4.78, 5) is 34.6. The van der Waals surface area contributed by atoms with Gasteiger partial charge in [-0.2, -0.15) is 5.26 Å². The van der Waals surface area contributed by atoms with Gasteiger partial charge < -0.3 is 25.6 Å². The average molecular weight is 482 g/mol. The third-order valence-corrected chi connectivity index (χ3v) is 5.22. The molecule has 2 aromatic heterocycles. The summed E-state index contributed by atoms with van der Waals surface area (Å²) in [5.41, 5.74) is 0.404. The van der Waals surface area contributed by atoms with Gasteiger partial charge in [0.15, 0.2) is 17.2 Å². The minimum atomic E-state index is -0.519. The predicted molar refractivity (Wildman–Crippen MR) is 129 cm³/mol. The van der Waals surface area contributed by atoms with Gasteiger partial charge in [0, 0.05) is 32.2 Å². The van der Waals surface area contributed by atoms with E-state index in [1.54, 1.807) is 11.0 Å². The second-order valence-electron chi connectivity index (χ2n) is 9.17. The molecule has 3 rings (SSSR count). The molecule has 1 aliphatic heterocycles. The molecule has 0 spiro atoms. The van der Waals surface area contributed by atoms with E-state index in [1.807, 2.05) is 33.8 Å². The zero-order valence-electron chi connectivity index (χ0n) is 20.5. The predicted octanol–water partition coefficient (Wildman–Crippen LogP) is 2.69. The molecular formula is C23H31N9O3. The topological polar surface area (TPSA) is 158 Å². The summed E-state index contributed by atoms with van der Waals surface area (Å²) < 4.78 is 5.46. The standard InChI is InChI=1S/C23H31N9O3/c1-5-25-21(33)20-17(10-18(30-31-20)29-19-14-26-16(11-24)13-28-19)27-12-15-6-8-32(9-7-15)22(34)35-23(2,3)4/h10,13-15H,5-9,12H2,1-4H3,(H,25,33)(H2,27,28,29,30). The third-order valence-electron chi connectivity index (χ3n) is 5.22. The molecule has 0 bridgehead atoms. The van der Waals surface area contributed by atoms with E-state index in [0.717, 1.165) is 12.8 Å². The van der Waals surface area contributed by atoms with Crippen molar-refractivity contribution >= 4 is 29.3 Å². The summed E-state index contributed by atoms with van der Waals surface area (Å²) in [5.74, 6) is 0.750. The smallest absolute Gasteiger partial charge is 0.410 e. The summed E-state index contributed by atoms with van der Waals surface area (Å²) in [7, 11) is 0. The number of aromatic nitrogens is 4. The van der Waals surface area contributed by atoms with Gasteiger partial charge in [0.2, 0.25) is 0 Å². The van der Waals surface area contributed by atoms with Gasteiger partial charge in [-0.05, 0) is 46.5 Å². The molecule has 1 aliphatic rings. The minimum Gasteiger partial charge on any atom is -0.444 e. The van der Waals surface area contributed by atoms with Crippen molar-refractivity contribution in [3.63, 3.8) is 0 Å². The van der Waals surface area contributed by atoms with E-state index in [-0.39, 0.29) is 23.4 Å². The van der Waals surface area contributed by atoms with Gasteiger partial charge in [-0.3, -0.25) is 4.79 Å². The lowest BCUT2D eigenvalue weighted by Crippen LogP contribution is -2.42. The number of amides is 2. The molecule has 0 aliphatic carbocycles. The molecule has 1 saturated heterocycles. The Hall–Kier alpha value is -4.01. The van der Waals surface area contributed by atoms with E-state index in [4.69, 9.17) is 10.00 Å². The van der Waals surface area contributed by atoms with Crippen LogP contribution in [0.15, 0.2) is 18.5 Å². The maximum absolute atomic E-state index is 12.5. The SMILES string of the molecule is CCNC(=O)c1nnc(Nc2cnc(C#N)cn2)cc1NCC1CCN(C(=O)OC(C)(C)C)CC1. The number of anilines is 3. The minimum absolute atomic E-state index is 0.189. The molecule has 0 saturated carbocycles. The second kappa shape index (κ2) is 11.4. The highest BCUT2D eigenvalue weighted by Crippen LogP contribution is 2.23. The summed E-state index contributed by atoms with van der Waals surface area (Å²) in [6.45, 7) is 9.69. The number of carbonyl (C=O) groups excluding carboxylic acids is 2. The van der Waals surface area contributed by atoms with Crippen LogP contribution in [0.3, 0.4) is 0 Å². The highest BCUT2D eigenvalue weighted by molar-refractivity contribution is 5.97. The molecule has 2 aromatic rings. The Morgan fingerprint density at radius 1 is 1.17 bits per heavy atom. The summed E-state index contributed by atoms with van der Waals surface area (Å²) in [5, 5.41) is 26.1. The molecule has 35 heavy (non-hydrogen) atoms. The van der Waals surface area contributed by atoms with Gasteiger partial charge >= 0.3 is 6.09 Å². The zero-order chi connectivity index (χ0) is 25.4. The first kappa shape index (κ1) is 25.6. The van der Waals surface area contributed by atoms with Crippen LogP contribution in [0.2, 0.25) is 0 Å². The number of hydrogen-bond donors (Lipinski definition) is 3. The quantitative estimate of drug-likeness (QED) is 0.537. The van der Waals surface area contributed by atoms with Crippen molar-refractivity contribution in [1.82, 2.24) is 30.4 Å². The van der Waals surface area contributed by atoms with E-state index in [1.165, 1.54) is 12.4 Å². The van der Waals surface area contributed by atoms with Crippen LogP contribution in [0.4, 0.5) is 22.1 Å². The number of likely N-dealkylation sites (tertiary alicyclic amines) is 1. The fraction of sp³-hybridized carbons (Fsp3) is 0.522. The van der Waals surface area contributed by atoms with Crippen molar-refractivity contribution in [1.29, 1.82) is 5.26 Å². The van der Waals surface area contributed by atoms with Crippen molar-refractivity contribution in [3.8, 4) is 6.07 Å². The van der Waals surface area contributed by atoms with Crippen LogP contribution in [-0.2, 0) is 4.74 Å². The zero-order valence-corrected chi connectivity index (χ0v) is 20.5. The average Bonchev–Trinajstić information content (AvgIpc) is 2.82. The number of nitrogens with one attached hydrogen (secondary N) is 3. The third kappa shape index (κ3) is 7.49. The Bertz CT molecular complexity index is 1070. The fourth-order valence-electron chi connectivity index (χ4n) is 3.48. The number of rotatable bonds is 7. The molecule has 186 valence electrons. The van der Waals surface area contributed by atoms with Crippen molar-refractivity contribution < 1.29 is 14.3 Å². The van der Waals surface area contributed by atoms with Crippen LogP contribution >= 0.6 is 0 Å².